The van der Waals surface area contributed by atoms with E-state index < -0.39 is 5.60 Å². The Kier molecular flexibility index (Phi) is 3.51. The van der Waals surface area contributed by atoms with E-state index in [1.54, 1.807) is 0 Å². The van der Waals surface area contributed by atoms with Crippen molar-refractivity contribution in [3.8, 4) is 0 Å². The summed E-state index contributed by atoms with van der Waals surface area (Å²) in [7, 11) is 0. The summed E-state index contributed by atoms with van der Waals surface area (Å²) in [6, 6.07) is 7.57. The summed E-state index contributed by atoms with van der Waals surface area (Å²) in [5, 5.41) is 15.8. The molecule has 0 saturated heterocycles. The number of hydrogen-bond acceptors (Lipinski definition) is 3. The standard InChI is InChI=1S/C23H25ClN2O2/c24-16-3-4-19-17(6-16)18(7-20(25-19)15-1-2-15)21(27)26-22-8-13-5-14(9-22)11-23(28,10-13)12-22/h3-4,6-7,13-15,28H,1-2,5,8-12H2,(H,26,27). The van der Waals surface area contributed by atoms with E-state index in [1.807, 2.05) is 24.3 Å². The first kappa shape index (κ1) is 17.2. The zero-order valence-corrected chi connectivity index (χ0v) is 16.6. The van der Waals surface area contributed by atoms with Gasteiger partial charge in [-0.1, -0.05) is 11.6 Å². The molecule has 5 aliphatic carbocycles. The van der Waals surface area contributed by atoms with Crippen LogP contribution in [0.1, 0.15) is 73.3 Å². The Bertz CT molecular complexity index is 986. The molecule has 5 saturated carbocycles. The first-order valence-electron chi connectivity index (χ1n) is 10.6. The fraction of sp³-hybridized carbons (Fsp3) is 0.565. The number of pyridine rings is 1. The predicted octanol–water partition coefficient (Wildman–Crippen LogP) is 4.58. The molecule has 1 heterocycles. The number of carbonyl (C=O) groups is 1. The third-order valence-electron chi connectivity index (χ3n) is 7.44. The van der Waals surface area contributed by atoms with Gasteiger partial charge in [-0.15, -0.1) is 0 Å². The topological polar surface area (TPSA) is 62.2 Å². The summed E-state index contributed by atoms with van der Waals surface area (Å²) in [5.41, 5.74) is 1.69. The minimum Gasteiger partial charge on any atom is -0.390 e. The van der Waals surface area contributed by atoms with Crippen LogP contribution in [-0.4, -0.2) is 27.1 Å². The molecular weight excluding hydrogens is 372 g/mol. The van der Waals surface area contributed by atoms with E-state index in [0.717, 1.165) is 55.1 Å². The molecule has 4 nitrogen and oxygen atoms in total. The van der Waals surface area contributed by atoms with Gasteiger partial charge in [0.1, 0.15) is 0 Å². The van der Waals surface area contributed by atoms with Gasteiger partial charge in [-0.05, 0) is 87.5 Å². The maximum absolute atomic E-state index is 13.5. The Hall–Kier alpha value is -1.65. The maximum atomic E-state index is 13.5. The zero-order chi connectivity index (χ0) is 19.1. The fourth-order valence-electron chi connectivity index (χ4n) is 6.66. The third kappa shape index (κ3) is 2.76. The number of benzene rings is 1. The Labute approximate surface area is 169 Å². The van der Waals surface area contributed by atoms with Gasteiger partial charge >= 0.3 is 0 Å². The van der Waals surface area contributed by atoms with Crippen molar-refractivity contribution in [2.75, 3.05) is 0 Å². The average Bonchev–Trinajstić information content (AvgIpc) is 3.43. The fourth-order valence-corrected chi connectivity index (χ4v) is 6.84. The number of carbonyl (C=O) groups excluding carboxylic acids is 1. The molecule has 1 aromatic heterocycles. The van der Waals surface area contributed by atoms with Gasteiger partial charge in [0.15, 0.2) is 0 Å². The molecule has 1 amide bonds. The highest BCUT2D eigenvalue weighted by atomic mass is 35.5. The Morgan fingerprint density at radius 1 is 1.14 bits per heavy atom. The number of halogens is 1. The molecule has 28 heavy (non-hydrogen) atoms. The smallest absolute Gasteiger partial charge is 0.252 e. The van der Waals surface area contributed by atoms with Crippen LogP contribution < -0.4 is 5.32 Å². The number of aliphatic hydroxyl groups is 1. The van der Waals surface area contributed by atoms with Crippen LogP contribution in [0.3, 0.4) is 0 Å². The molecule has 0 aliphatic heterocycles. The zero-order valence-electron chi connectivity index (χ0n) is 15.9. The molecule has 0 radical (unpaired) electrons. The average molecular weight is 397 g/mol. The summed E-state index contributed by atoms with van der Waals surface area (Å²) in [6.45, 7) is 0. The Morgan fingerprint density at radius 2 is 1.89 bits per heavy atom. The summed E-state index contributed by atoms with van der Waals surface area (Å²) in [6.07, 6.45) is 7.99. The van der Waals surface area contributed by atoms with Crippen molar-refractivity contribution in [2.24, 2.45) is 11.8 Å². The van der Waals surface area contributed by atoms with Crippen molar-refractivity contribution in [2.45, 2.75) is 68.4 Å². The molecule has 5 aliphatic rings. The number of nitrogens with one attached hydrogen (secondary N) is 1. The SMILES string of the molecule is O=C(NC12CC3CC(CC(O)(C3)C1)C2)c1cc(C2CC2)nc2ccc(Cl)cc12. The van der Waals surface area contributed by atoms with E-state index >= 15 is 0 Å². The number of hydrogen-bond donors (Lipinski definition) is 2. The predicted molar refractivity (Wildman–Crippen MR) is 109 cm³/mol. The first-order valence-corrected chi connectivity index (χ1v) is 10.9. The Balaban J connectivity index is 1.39. The minimum absolute atomic E-state index is 0.0397. The quantitative estimate of drug-likeness (QED) is 0.798. The van der Waals surface area contributed by atoms with Gasteiger partial charge in [0.05, 0.1) is 16.7 Å². The van der Waals surface area contributed by atoms with Crippen LogP contribution in [0.4, 0.5) is 0 Å². The highest BCUT2D eigenvalue weighted by molar-refractivity contribution is 6.31. The monoisotopic (exact) mass is 396 g/mol. The van der Waals surface area contributed by atoms with E-state index in [2.05, 4.69) is 5.32 Å². The normalized spacial score (nSPS) is 36.1. The van der Waals surface area contributed by atoms with Crippen molar-refractivity contribution in [1.82, 2.24) is 10.3 Å². The van der Waals surface area contributed by atoms with Crippen LogP contribution in [0.2, 0.25) is 5.02 Å². The summed E-state index contributed by atoms with van der Waals surface area (Å²) < 4.78 is 0. The number of aromatic nitrogens is 1. The first-order chi connectivity index (χ1) is 13.4. The van der Waals surface area contributed by atoms with Crippen LogP contribution in [0.5, 0.6) is 0 Å². The van der Waals surface area contributed by atoms with Gasteiger partial charge < -0.3 is 10.4 Å². The van der Waals surface area contributed by atoms with Gasteiger partial charge in [-0.25, -0.2) is 0 Å². The van der Waals surface area contributed by atoms with Crippen molar-refractivity contribution in [3.05, 3.63) is 40.5 Å². The lowest BCUT2D eigenvalue weighted by molar-refractivity contribution is -0.139. The molecule has 2 aromatic rings. The second-order valence-electron chi connectivity index (χ2n) is 9.95. The highest BCUT2D eigenvalue weighted by Crippen LogP contribution is 2.57. The lowest BCUT2D eigenvalue weighted by Crippen LogP contribution is -2.65. The molecule has 1 aromatic carbocycles. The van der Waals surface area contributed by atoms with Gasteiger partial charge in [0.2, 0.25) is 0 Å². The largest absolute Gasteiger partial charge is 0.390 e. The molecule has 2 N–H and O–H groups in total. The molecular formula is C23H25ClN2O2. The molecule has 5 heteroatoms. The van der Waals surface area contributed by atoms with Crippen molar-refractivity contribution in [3.63, 3.8) is 0 Å². The van der Waals surface area contributed by atoms with Gasteiger partial charge in [-0.3, -0.25) is 9.78 Å². The van der Waals surface area contributed by atoms with Gasteiger partial charge in [-0.2, -0.15) is 0 Å². The van der Waals surface area contributed by atoms with Crippen LogP contribution >= 0.6 is 11.6 Å². The molecule has 2 atom stereocenters. The molecule has 4 bridgehead atoms. The number of amides is 1. The molecule has 146 valence electrons. The van der Waals surface area contributed by atoms with E-state index in [-0.39, 0.29) is 11.4 Å². The number of nitrogens with zero attached hydrogens (tertiary/aromatic N) is 1. The van der Waals surface area contributed by atoms with Crippen molar-refractivity contribution in [1.29, 1.82) is 0 Å². The molecule has 7 rings (SSSR count). The number of fused-ring (bicyclic) bond motifs is 1. The highest BCUT2D eigenvalue weighted by Gasteiger charge is 2.57. The Morgan fingerprint density at radius 3 is 2.57 bits per heavy atom. The van der Waals surface area contributed by atoms with Crippen LogP contribution in [-0.2, 0) is 0 Å². The number of rotatable bonds is 3. The summed E-state index contributed by atoms with van der Waals surface area (Å²) in [5.74, 6) is 1.52. The molecule has 2 unspecified atom stereocenters. The second kappa shape index (κ2) is 5.70. The lowest BCUT2D eigenvalue weighted by atomic mass is 9.51. The third-order valence-corrected chi connectivity index (χ3v) is 7.67. The van der Waals surface area contributed by atoms with E-state index in [9.17, 15) is 9.90 Å². The van der Waals surface area contributed by atoms with Crippen LogP contribution in [0, 0.1) is 11.8 Å². The van der Waals surface area contributed by atoms with Crippen LogP contribution in [0.15, 0.2) is 24.3 Å². The van der Waals surface area contributed by atoms with E-state index in [4.69, 9.17) is 16.6 Å². The molecule has 5 fully saturated rings. The van der Waals surface area contributed by atoms with Crippen LogP contribution in [0.25, 0.3) is 10.9 Å². The van der Waals surface area contributed by atoms with Crippen molar-refractivity contribution >= 4 is 28.4 Å². The van der Waals surface area contributed by atoms with Gasteiger partial charge in [0.25, 0.3) is 5.91 Å². The minimum atomic E-state index is -0.583. The maximum Gasteiger partial charge on any atom is 0.252 e. The summed E-state index contributed by atoms with van der Waals surface area (Å²) in [4.78, 5) is 18.3. The van der Waals surface area contributed by atoms with Crippen molar-refractivity contribution < 1.29 is 9.90 Å². The van der Waals surface area contributed by atoms with E-state index in [0.29, 0.717) is 34.8 Å². The molecule has 0 spiro atoms. The van der Waals surface area contributed by atoms with E-state index in [1.165, 1.54) is 6.42 Å². The van der Waals surface area contributed by atoms with Gasteiger partial charge in [0, 0.05) is 27.6 Å². The second-order valence-corrected chi connectivity index (χ2v) is 10.4. The summed E-state index contributed by atoms with van der Waals surface area (Å²) >= 11 is 6.24. The lowest BCUT2D eigenvalue weighted by Gasteiger charge is -2.60.